The Morgan fingerprint density at radius 2 is 1.78 bits per heavy atom. The third kappa shape index (κ3) is 9.12. The summed E-state index contributed by atoms with van der Waals surface area (Å²) in [6.45, 7) is 12.5. The van der Waals surface area contributed by atoms with E-state index in [-0.39, 0.29) is 29.4 Å². The standard InChI is InChI=1S/C39H56ClFN2O3/c1-6-45-38(44)37(34-14-15-35(41)28(3)36(34)30-10-12-33(13-11-30)46-39(4)18-19-39)42(5)22-16-29(17-23-43-20-8-7-9-21-43)31-24-27(2)25-32(40)26-31/h14-15,24-26,29-30,33,37H,6-13,16-23H2,1-5H3/t29-,30?,33?,37?/m1/s1. The first-order chi connectivity index (χ1) is 22.1. The van der Waals surface area contributed by atoms with Crippen molar-refractivity contribution in [3.05, 3.63) is 69.0 Å². The number of carbonyl (C=O) groups is 1. The van der Waals surface area contributed by atoms with Crippen molar-refractivity contribution in [1.29, 1.82) is 0 Å². The molecule has 1 heterocycles. The first-order valence-corrected chi connectivity index (χ1v) is 18.3. The highest BCUT2D eigenvalue weighted by atomic mass is 35.5. The molecule has 0 N–H and O–H groups in total. The van der Waals surface area contributed by atoms with Crippen molar-refractivity contribution in [2.75, 3.05) is 39.8 Å². The number of halogens is 2. The molecule has 254 valence electrons. The van der Waals surface area contributed by atoms with Crippen LogP contribution in [0, 0.1) is 19.7 Å². The highest BCUT2D eigenvalue weighted by Gasteiger charge is 2.42. The predicted octanol–water partition coefficient (Wildman–Crippen LogP) is 9.28. The second kappa shape index (κ2) is 15.9. The van der Waals surface area contributed by atoms with Crippen LogP contribution in [0.25, 0.3) is 0 Å². The molecule has 1 aliphatic heterocycles. The zero-order chi connectivity index (χ0) is 32.8. The Hall–Kier alpha value is -1.99. The lowest BCUT2D eigenvalue weighted by atomic mass is 9.77. The van der Waals surface area contributed by atoms with Crippen LogP contribution in [0.15, 0.2) is 30.3 Å². The molecule has 2 aromatic carbocycles. The Kier molecular flexibility index (Phi) is 12.2. The van der Waals surface area contributed by atoms with E-state index in [1.165, 1.54) is 49.5 Å². The quantitative estimate of drug-likeness (QED) is 0.190. The molecule has 1 unspecified atom stereocenters. The van der Waals surface area contributed by atoms with Crippen LogP contribution in [-0.4, -0.2) is 67.3 Å². The molecule has 0 radical (unpaired) electrons. The summed E-state index contributed by atoms with van der Waals surface area (Å²) in [7, 11) is 2.02. The van der Waals surface area contributed by atoms with Crippen molar-refractivity contribution in [1.82, 2.24) is 9.80 Å². The summed E-state index contributed by atoms with van der Waals surface area (Å²) >= 11 is 6.55. The van der Waals surface area contributed by atoms with Gasteiger partial charge in [-0.1, -0.05) is 30.2 Å². The van der Waals surface area contributed by atoms with Gasteiger partial charge in [0.25, 0.3) is 0 Å². The molecule has 5 rings (SSSR count). The summed E-state index contributed by atoms with van der Waals surface area (Å²) in [5, 5.41) is 0.772. The maximum atomic E-state index is 15.2. The van der Waals surface area contributed by atoms with Crippen LogP contribution >= 0.6 is 11.6 Å². The number of likely N-dealkylation sites (tertiary alicyclic amines) is 1. The average molecular weight is 655 g/mol. The summed E-state index contributed by atoms with van der Waals surface area (Å²) < 4.78 is 27.3. The van der Waals surface area contributed by atoms with Crippen LogP contribution < -0.4 is 0 Å². The molecular formula is C39H56ClFN2O3. The SMILES string of the molecule is CCOC(=O)C(c1ccc(F)c(C)c1C1CCC(OC2(C)CC2)CC1)N(C)CC[C@H](CCN1CCCCC1)c1cc(C)cc(Cl)c1. The van der Waals surface area contributed by atoms with Crippen molar-refractivity contribution >= 4 is 17.6 Å². The van der Waals surface area contributed by atoms with E-state index in [1.54, 1.807) is 0 Å². The minimum absolute atomic E-state index is 0.0601. The monoisotopic (exact) mass is 654 g/mol. The van der Waals surface area contributed by atoms with Crippen LogP contribution in [0.5, 0.6) is 0 Å². The number of likely N-dealkylation sites (N-methyl/N-ethyl adjacent to an activating group) is 1. The fraction of sp³-hybridized carbons (Fsp3) is 0.667. The molecule has 0 spiro atoms. The number of aryl methyl sites for hydroxylation is 1. The van der Waals surface area contributed by atoms with Gasteiger partial charge in [-0.05, 0) is 183 Å². The molecule has 2 aliphatic carbocycles. The molecule has 3 aliphatic rings. The lowest BCUT2D eigenvalue weighted by molar-refractivity contribution is -0.149. The smallest absolute Gasteiger partial charge is 0.328 e. The number of carbonyl (C=O) groups excluding carboxylic acids is 1. The van der Waals surface area contributed by atoms with E-state index in [1.807, 2.05) is 33.0 Å². The largest absolute Gasteiger partial charge is 0.465 e. The normalized spacial score (nSPS) is 22.9. The molecule has 0 bridgehead atoms. The van der Waals surface area contributed by atoms with E-state index in [0.29, 0.717) is 24.6 Å². The van der Waals surface area contributed by atoms with Crippen molar-refractivity contribution in [3.8, 4) is 0 Å². The number of hydrogen-bond acceptors (Lipinski definition) is 5. The second-order valence-corrected chi connectivity index (χ2v) is 15.0. The lowest BCUT2D eigenvalue weighted by Crippen LogP contribution is -2.36. The highest BCUT2D eigenvalue weighted by molar-refractivity contribution is 6.30. The lowest BCUT2D eigenvalue weighted by Gasteiger charge is -2.35. The zero-order valence-corrected chi connectivity index (χ0v) is 29.6. The Morgan fingerprint density at radius 3 is 2.43 bits per heavy atom. The Labute approximate surface area is 282 Å². The van der Waals surface area contributed by atoms with Gasteiger partial charge in [0.1, 0.15) is 11.9 Å². The molecular weight excluding hydrogens is 599 g/mol. The third-order valence-electron chi connectivity index (χ3n) is 10.8. The summed E-state index contributed by atoms with van der Waals surface area (Å²) in [5.74, 6) is 0.0265. The van der Waals surface area contributed by atoms with Gasteiger partial charge < -0.3 is 14.4 Å². The van der Waals surface area contributed by atoms with Crippen LogP contribution in [0.2, 0.25) is 5.02 Å². The molecule has 46 heavy (non-hydrogen) atoms. The predicted molar refractivity (Wildman–Crippen MR) is 185 cm³/mol. The first-order valence-electron chi connectivity index (χ1n) is 17.9. The number of piperidine rings is 1. The fourth-order valence-corrected chi connectivity index (χ4v) is 8.22. The maximum Gasteiger partial charge on any atom is 0.328 e. The van der Waals surface area contributed by atoms with Gasteiger partial charge >= 0.3 is 5.97 Å². The Bertz CT molecular complexity index is 1300. The topological polar surface area (TPSA) is 42.0 Å². The van der Waals surface area contributed by atoms with Crippen LogP contribution in [0.4, 0.5) is 4.39 Å². The van der Waals surface area contributed by atoms with Gasteiger partial charge in [-0.15, -0.1) is 0 Å². The minimum Gasteiger partial charge on any atom is -0.465 e. The average Bonchev–Trinajstić information content (AvgIpc) is 3.76. The van der Waals surface area contributed by atoms with Crippen LogP contribution in [0.1, 0.15) is 130 Å². The second-order valence-electron chi connectivity index (χ2n) is 14.6. The van der Waals surface area contributed by atoms with E-state index in [9.17, 15) is 4.79 Å². The van der Waals surface area contributed by atoms with E-state index < -0.39 is 6.04 Å². The van der Waals surface area contributed by atoms with Gasteiger partial charge in [0, 0.05) is 5.02 Å². The van der Waals surface area contributed by atoms with Crippen LogP contribution in [-0.2, 0) is 14.3 Å². The Balaban J connectivity index is 1.36. The van der Waals surface area contributed by atoms with Crippen molar-refractivity contribution in [2.24, 2.45) is 0 Å². The highest BCUT2D eigenvalue weighted by Crippen LogP contribution is 2.45. The van der Waals surface area contributed by atoms with Gasteiger partial charge in [-0.3, -0.25) is 4.90 Å². The van der Waals surface area contributed by atoms with Crippen molar-refractivity contribution < 1.29 is 18.7 Å². The molecule has 0 amide bonds. The first kappa shape index (κ1) is 35.3. The molecule has 1 saturated heterocycles. The van der Waals surface area contributed by atoms with E-state index >= 15 is 4.39 Å². The van der Waals surface area contributed by atoms with Gasteiger partial charge in [0.2, 0.25) is 0 Å². The molecule has 2 aromatic rings. The summed E-state index contributed by atoms with van der Waals surface area (Å²) in [5.41, 5.74) is 5.04. The fourth-order valence-electron chi connectivity index (χ4n) is 7.92. The number of nitrogens with zero attached hydrogens (tertiary/aromatic N) is 2. The molecule has 2 saturated carbocycles. The van der Waals surface area contributed by atoms with E-state index in [0.717, 1.165) is 74.1 Å². The van der Waals surface area contributed by atoms with Gasteiger partial charge in [-0.25, -0.2) is 9.18 Å². The molecule has 0 aromatic heterocycles. The number of esters is 1. The number of hydrogen-bond donors (Lipinski definition) is 0. The van der Waals surface area contributed by atoms with Gasteiger partial charge in [0.05, 0.1) is 18.3 Å². The number of rotatable bonds is 14. The summed E-state index contributed by atoms with van der Waals surface area (Å²) in [4.78, 5) is 18.5. The maximum absolute atomic E-state index is 15.2. The zero-order valence-electron chi connectivity index (χ0n) is 28.9. The molecule has 5 nitrogen and oxygen atoms in total. The summed E-state index contributed by atoms with van der Waals surface area (Å²) in [6, 6.07) is 9.17. The number of benzene rings is 2. The number of ether oxygens (including phenoxy) is 2. The van der Waals surface area contributed by atoms with Gasteiger partial charge in [-0.2, -0.15) is 0 Å². The molecule has 2 atom stereocenters. The Morgan fingerprint density at radius 1 is 1.07 bits per heavy atom. The van der Waals surface area contributed by atoms with Crippen LogP contribution in [0.3, 0.4) is 0 Å². The van der Waals surface area contributed by atoms with E-state index in [4.69, 9.17) is 21.1 Å². The summed E-state index contributed by atoms with van der Waals surface area (Å²) in [6.07, 6.45) is 12.2. The van der Waals surface area contributed by atoms with Crippen molar-refractivity contribution in [2.45, 2.75) is 128 Å². The third-order valence-corrected chi connectivity index (χ3v) is 11.0. The molecule has 7 heteroatoms. The molecule has 3 fully saturated rings. The van der Waals surface area contributed by atoms with E-state index in [2.05, 4.69) is 35.8 Å². The minimum atomic E-state index is -0.600. The van der Waals surface area contributed by atoms with Gasteiger partial charge in [0.15, 0.2) is 0 Å². The van der Waals surface area contributed by atoms with Crippen molar-refractivity contribution in [3.63, 3.8) is 0 Å².